The Morgan fingerprint density at radius 2 is 2.20 bits per heavy atom. The third-order valence-electron chi connectivity index (χ3n) is 2.84. The molecule has 4 nitrogen and oxygen atoms in total. The number of anilines is 1. The topological polar surface area (TPSA) is 43.2 Å². The molecule has 0 radical (unpaired) electrons. The smallest absolute Gasteiger partial charge is 0.130 e. The predicted octanol–water partition coefficient (Wildman–Crippen LogP) is 1.07. The zero-order valence-corrected chi connectivity index (χ0v) is 10.0. The van der Waals surface area contributed by atoms with Gasteiger partial charge in [0.25, 0.3) is 0 Å². The van der Waals surface area contributed by atoms with Crippen molar-refractivity contribution in [3.8, 4) is 6.07 Å². The molecule has 1 aromatic heterocycles. The summed E-state index contributed by atoms with van der Waals surface area (Å²) in [4.78, 5) is 4.45. The maximum Gasteiger partial charge on any atom is 0.130 e. The highest BCUT2D eigenvalue weighted by Gasteiger charge is 2.31. The van der Waals surface area contributed by atoms with Crippen LogP contribution in [0.25, 0.3) is 0 Å². The summed E-state index contributed by atoms with van der Waals surface area (Å²) < 4.78 is 4.22. The van der Waals surface area contributed by atoms with E-state index in [2.05, 4.69) is 34.3 Å². The Balaban J connectivity index is 2.11. The van der Waals surface area contributed by atoms with Gasteiger partial charge in [-0.25, -0.2) is 0 Å². The second-order valence-corrected chi connectivity index (χ2v) is 4.83. The lowest BCUT2D eigenvalue weighted by Gasteiger charge is -2.43. The van der Waals surface area contributed by atoms with Crippen molar-refractivity contribution in [3.05, 3.63) is 11.3 Å². The fourth-order valence-electron chi connectivity index (χ4n) is 1.65. The highest BCUT2D eigenvalue weighted by atomic mass is 32.1. The molecule has 0 amide bonds. The monoisotopic (exact) mass is 222 g/mol. The van der Waals surface area contributed by atoms with Crippen molar-refractivity contribution in [1.29, 1.82) is 5.26 Å². The van der Waals surface area contributed by atoms with Gasteiger partial charge in [0.05, 0.1) is 5.69 Å². The van der Waals surface area contributed by atoms with Gasteiger partial charge in [0, 0.05) is 19.1 Å². The fourth-order valence-corrected chi connectivity index (χ4v) is 2.51. The second-order valence-electron chi connectivity index (χ2n) is 4.08. The van der Waals surface area contributed by atoms with E-state index in [1.807, 2.05) is 6.92 Å². The minimum Gasteiger partial charge on any atom is -0.358 e. The van der Waals surface area contributed by atoms with Crippen LogP contribution in [0.3, 0.4) is 0 Å². The number of hydrogen-bond acceptors (Lipinski definition) is 5. The van der Waals surface area contributed by atoms with Crippen LogP contribution in [0, 0.1) is 18.3 Å². The summed E-state index contributed by atoms with van der Waals surface area (Å²) in [7, 11) is 4.18. The second kappa shape index (κ2) is 3.80. The van der Waals surface area contributed by atoms with E-state index in [0.29, 0.717) is 6.04 Å². The standard InChI is InChI=1S/C10H14N4S/c1-7-9(4-11)10(15-12-7)14-5-8(6-14)13(2)3/h8H,5-6H2,1-3H3. The highest BCUT2D eigenvalue weighted by Crippen LogP contribution is 2.31. The van der Waals surface area contributed by atoms with Crippen molar-refractivity contribution < 1.29 is 0 Å². The van der Waals surface area contributed by atoms with Crippen LogP contribution in [-0.4, -0.2) is 42.5 Å². The molecule has 1 aromatic rings. The van der Waals surface area contributed by atoms with Crippen LogP contribution in [0.5, 0.6) is 0 Å². The Morgan fingerprint density at radius 3 is 2.73 bits per heavy atom. The first-order valence-electron chi connectivity index (χ1n) is 4.91. The summed E-state index contributed by atoms with van der Waals surface area (Å²) in [5.41, 5.74) is 1.60. The minimum atomic E-state index is 0.610. The molecule has 0 saturated carbocycles. The van der Waals surface area contributed by atoms with E-state index in [1.165, 1.54) is 11.5 Å². The van der Waals surface area contributed by atoms with Crippen LogP contribution < -0.4 is 4.90 Å². The minimum absolute atomic E-state index is 0.610. The molecule has 1 aliphatic heterocycles. The van der Waals surface area contributed by atoms with E-state index >= 15 is 0 Å². The lowest BCUT2D eigenvalue weighted by Crippen LogP contribution is -2.57. The van der Waals surface area contributed by atoms with Gasteiger partial charge in [0.1, 0.15) is 16.6 Å². The van der Waals surface area contributed by atoms with Gasteiger partial charge < -0.3 is 9.80 Å². The lowest BCUT2D eigenvalue weighted by molar-refractivity contribution is 0.248. The quantitative estimate of drug-likeness (QED) is 0.751. The predicted molar refractivity (Wildman–Crippen MR) is 61.3 cm³/mol. The van der Waals surface area contributed by atoms with Crippen molar-refractivity contribution in [2.75, 3.05) is 32.1 Å². The Labute approximate surface area is 93.9 Å². The van der Waals surface area contributed by atoms with Crippen molar-refractivity contribution >= 4 is 16.5 Å². The Kier molecular flexibility index (Phi) is 2.63. The van der Waals surface area contributed by atoms with E-state index in [1.54, 1.807) is 0 Å². The van der Waals surface area contributed by atoms with E-state index in [9.17, 15) is 0 Å². The molecule has 0 aliphatic carbocycles. The van der Waals surface area contributed by atoms with Crippen molar-refractivity contribution in [1.82, 2.24) is 9.27 Å². The summed E-state index contributed by atoms with van der Waals surface area (Å²) in [6.45, 7) is 3.90. The first-order valence-corrected chi connectivity index (χ1v) is 5.68. The highest BCUT2D eigenvalue weighted by molar-refractivity contribution is 7.10. The van der Waals surface area contributed by atoms with Gasteiger partial charge in [-0.05, 0) is 32.6 Å². The summed E-state index contributed by atoms with van der Waals surface area (Å²) in [5, 5.41) is 10.0. The van der Waals surface area contributed by atoms with Crippen LogP contribution in [0.4, 0.5) is 5.00 Å². The Bertz CT molecular complexity index is 398. The molecule has 0 aromatic carbocycles. The average Bonchev–Trinajstić information content (AvgIpc) is 2.44. The molecule has 0 atom stereocenters. The number of nitrogens with zero attached hydrogens (tertiary/aromatic N) is 4. The van der Waals surface area contributed by atoms with Gasteiger partial charge in [-0.3, -0.25) is 0 Å². The van der Waals surface area contributed by atoms with E-state index in [4.69, 9.17) is 5.26 Å². The zero-order valence-electron chi connectivity index (χ0n) is 9.19. The van der Waals surface area contributed by atoms with Gasteiger partial charge in [0.2, 0.25) is 0 Å². The van der Waals surface area contributed by atoms with Gasteiger partial charge in [-0.15, -0.1) is 0 Å². The molecule has 0 spiro atoms. The molecule has 15 heavy (non-hydrogen) atoms. The van der Waals surface area contributed by atoms with Gasteiger partial charge in [0.15, 0.2) is 0 Å². The Morgan fingerprint density at radius 1 is 1.53 bits per heavy atom. The summed E-state index contributed by atoms with van der Waals surface area (Å²) in [5.74, 6) is 0. The van der Waals surface area contributed by atoms with Crippen molar-refractivity contribution in [2.45, 2.75) is 13.0 Å². The van der Waals surface area contributed by atoms with Gasteiger partial charge in [-0.1, -0.05) is 0 Å². The van der Waals surface area contributed by atoms with Crippen LogP contribution in [0.2, 0.25) is 0 Å². The molecule has 80 valence electrons. The fraction of sp³-hybridized carbons (Fsp3) is 0.600. The van der Waals surface area contributed by atoms with Crippen LogP contribution in [-0.2, 0) is 0 Å². The van der Waals surface area contributed by atoms with E-state index in [0.717, 1.165) is 29.3 Å². The number of nitriles is 1. The first-order chi connectivity index (χ1) is 7.13. The third kappa shape index (κ3) is 1.71. The number of aromatic nitrogens is 1. The molecular formula is C10H14N4S. The molecule has 1 fully saturated rings. The number of likely N-dealkylation sites (N-methyl/N-ethyl adjacent to an activating group) is 1. The third-order valence-corrected chi connectivity index (χ3v) is 3.84. The molecule has 2 heterocycles. The van der Waals surface area contributed by atoms with Crippen LogP contribution in [0.1, 0.15) is 11.3 Å². The number of hydrogen-bond donors (Lipinski definition) is 0. The zero-order chi connectivity index (χ0) is 11.0. The van der Waals surface area contributed by atoms with E-state index < -0.39 is 0 Å². The van der Waals surface area contributed by atoms with Gasteiger partial charge >= 0.3 is 0 Å². The number of aryl methyl sites for hydroxylation is 1. The maximum atomic E-state index is 9.01. The molecular weight excluding hydrogens is 208 g/mol. The summed E-state index contributed by atoms with van der Waals surface area (Å²) in [6.07, 6.45) is 0. The Hall–Kier alpha value is -1.12. The molecule has 1 aliphatic rings. The molecule has 0 unspecified atom stereocenters. The molecule has 0 bridgehead atoms. The van der Waals surface area contributed by atoms with Crippen LogP contribution in [0.15, 0.2) is 0 Å². The maximum absolute atomic E-state index is 9.01. The SMILES string of the molecule is Cc1nsc(N2CC(N(C)C)C2)c1C#N. The van der Waals surface area contributed by atoms with Crippen LogP contribution >= 0.6 is 11.5 Å². The summed E-state index contributed by atoms with van der Waals surface area (Å²) in [6, 6.07) is 2.84. The van der Waals surface area contributed by atoms with Gasteiger partial charge in [-0.2, -0.15) is 9.64 Å². The number of rotatable bonds is 2. The largest absolute Gasteiger partial charge is 0.358 e. The molecule has 2 rings (SSSR count). The van der Waals surface area contributed by atoms with Crippen molar-refractivity contribution in [3.63, 3.8) is 0 Å². The first kappa shape index (κ1) is 10.4. The molecule has 5 heteroatoms. The van der Waals surface area contributed by atoms with E-state index in [-0.39, 0.29) is 0 Å². The van der Waals surface area contributed by atoms with Crippen molar-refractivity contribution in [2.24, 2.45) is 0 Å². The summed E-state index contributed by atoms with van der Waals surface area (Å²) >= 11 is 1.43. The molecule has 0 N–H and O–H groups in total. The lowest BCUT2D eigenvalue weighted by atomic mass is 10.1. The molecule has 1 saturated heterocycles. The average molecular weight is 222 g/mol. The normalized spacial score (nSPS) is 16.6.